The van der Waals surface area contributed by atoms with Gasteiger partial charge in [0.05, 0.1) is 11.3 Å². The molecule has 3 N–H and O–H groups in total. The lowest BCUT2D eigenvalue weighted by Crippen LogP contribution is -2.31. The van der Waals surface area contributed by atoms with Crippen molar-refractivity contribution in [2.75, 3.05) is 6.54 Å². The van der Waals surface area contributed by atoms with Crippen molar-refractivity contribution in [2.24, 2.45) is 0 Å². The zero-order valence-electron chi connectivity index (χ0n) is 13.9. The van der Waals surface area contributed by atoms with Crippen molar-refractivity contribution in [2.45, 2.75) is 19.5 Å². The first-order chi connectivity index (χ1) is 12.6. The van der Waals surface area contributed by atoms with Crippen LogP contribution in [0.25, 0.3) is 11.4 Å². The molecule has 0 aliphatic carbocycles. The Bertz CT molecular complexity index is 926. The summed E-state index contributed by atoms with van der Waals surface area (Å²) in [6.07, 6.45) is 7.36. The molecule has 132 valence electrons. The number of phenolic OH excluding ortho intramolecular Hbond substituents is 3. The first-order valence-electron chi connectivity index (χ1n) is 8.16. The van der Waals surface area contributed by atoms with Crippen LogP contribution in [0.3, 0.4) is 0 Å². The number of hydrogen-bond acceptors (Lipinski definition) is 8. The van der Waals surface area contributed by atoms with Crippen LogP contribution >= 0.6 is 0 Å². The number of benzene rings is 1. The van der Waals surface area contributed by atoms with Gasteiger partial charge in [-0.05, 0) is 0 Å². The Kier molecular flexibility index (Phi) is 4.10. The largest absolute Gasteiger partial charge is 0.508 e. The van der Waals surface area contributed by atoms with E-state index in [0.29, 0.717) is 24.5 Å². The Morgan fingerprint density at radius 3 is 2.46 bits per heavy atom. The maximum absolute atomic E-state index is 9.98. The third kappa shape index (κ3) is 3.14. The highest BCUT2D eigenvalue weighted by Crippen LogP contribution is 2.33. The zero-order chi connectivity index (χ0) is 18.1. The molecule has 0 saturated heterocycles. The molecule has 0 unspecified atom stereocenters. The lowest BCUT2D eigenvalue weighted by atomic mass is 10.1. The maximum Gasteiger partial charge on any atom is 0.162 e. The van der Waals surface area contributed by atoms with Crippen molar-refractivity contribution in [3.63, 3.8) is 0 Å². The fraction of sp³-hybridized carbons (Fsp3) is 0.222. The Balaban J connectivity index is 1.54. The molecule has 0 radical (unpaired) electrons. The lowest BCUT2D eigenvalue weighted by molar-refractivity contribution is 0.236. The van der Waals surface area contributed by atoms with Crippen LogP contribution in [0.15, 0.2) is 37.1 Å². The van der Waals surface area contributed by atoms with Gasteiger partial charge in [0.2, 0.25) is 0 Å². The van der Waals surface area contributed by atoms with E-state index in [0.717, 1.165) is 29.8 Å². The number of aromatic hydroxyl groups is 3. The zero-order valence-corrected chi connectivity index (χ0v) is 13.9. The summed E-state index contributed by atoms with van der Waals surface area (Å²) in [5.74, 6) is 0.193. The highest BCUT2D eigenvalue weighted by Gasteiger charge is 2.21. The highest BCUT2D eigenvalue weighted by atomic mass is 16.3. The van der Waals surface area contributed by atoms with E-state index < -0.39 is 0 Å². The fourth-order valence-corrected chi connectivity index (χ4v) is 3.08. The quantitative estimate of drug-likeness (QED) is 0.652. The summed E-state index contributed by atoms with van der Waals surface area (Å²) in [5.41, 5.74) is 3.16. The van der Waals surface area contributed by atoms with Crippen LogP contribution in [0.4, 0.5) is 0 Å². The van der Waals surface area contributed by atoms with Gasteiger partial charge < -0.3 is 15.3 Å². The number of rotatable bonds is 3. The molecule has 8 nitrogen and oxygen atoms in total. The van der Waals surface area contributed by atoms with Crippen molar-refractivity contribution in [3.8, 4) is 28.6 Å². The van der Waals surface area contributed by atoms with Crippen molar-refractivity contribution < 1.29 is 15.3 Å². The predicted molar refractivity (Wildman–Crippen MR) is 92.3 cm³/mol. The lowest BCUT2D eigenvalue weighted by Gasteiger charge is -2.28. The van der Waals surface area contributed by atoms with Gasteiger partial charge in [-0.15, -0.1) is 0 Å². The molecule has 0 saturated carbocycles. The van der Waals surface area contributed by atoms with Gasteiger partial charge in [0.15, 0.2) is 5.82 Å². The molecule has 3 heterocycles. The van der Waals surface area contributed by atoms with Crippen LogP contribution in [-0.4, -0.2) is 46.7 Å². The van der Waals surface area contributed by atoms with Crippen LogP contribution in [0.1, 0.15) is 16.8 Å². The van der Waals surface area contributed by atoms with E-state index in [9.17, 15) is 15.3 Å². The van der Waals surface area contributed by atoms with Crippen LogP contribution in [0.5, 0.6) is 17.2 Å². The molecule has 0 amide bonds. The third-order valence-electron chi connectivity index (χ3n) is 4.40. The van der Waals surface area contributed by atoms with E-state index in [1.54, 1.807) is 18.6 Å². The van der Waals surface area contributed by atoms with E-state index in [1.807, 2.05) is 0 Å². The SMILES string of the molecule is Oc1cc(O)c(CN2CCc3nc(-c4cncnc4)ncc3C2)c(O)c1. The van der Waals surface area contributed by atoms with Crippen LogP contribution in [0, 0.1) is 0 Å². The van der Waals surface area contributed by atoms with E-state index in [2.05, 4.69) is 24.8 Å². The van der Waals surface area contributed by atoms with Gasteiger partial charge in [-0.25, -0.2) is 19.9 Å². The predicted octanol–water partition coefficient (Wildman–Crippen LogP) is 1.61. The number of hydrogen-bond donors (Lipinski definition) is 3. The number of fused-ring (bicyclic) bond motifs is 1. The molecule has 1 aliphatic rings. The summed E-state index contributed by atoms with van der Waals surface area (Å²) < 4.78 is 0. The second-order valence-electron chi connectivity index (χ2n) is 6.22. The topological polar surface area (TPSA) is 115 Å². The molecular formula is C18H17N5O3. The summed E-state index contributed by atoms with van der Waals surface area (Å²) in [7, 11) is 0. The standard InChI is InChI=1S/C18H17N5O3/c24-13-3-16(25)14(17(26)4-13)9-23-2-1-15-12(8-23)7-21-18(22-15)11-5-19-10-20-6-11/h3-7,10,24-26H,1-2,8-9H2. The smallest absolute Gasteiger partial charge is 0.162 e. The molecular weight excluding hydrogens is 334 g/mol. The van der Waals surface area contributed by atoms with Crippen LogP contribution < -0.4 is 0 Å². The molecule has 4 rings (SSSR count). The van der Waals surface area contributed by atoms with Crippen molar-refractivity contribution in [1.29, 1.82) is 0 Å². The molecule has 2 aromatic heterocycles. The molecule has 0 spiro atoms. The molecule has 0 fully saturated rings. The average molecular weight is 351 g/mol. The van der Waals surface area contributed by atoms with Gasteiger partial charge in [-0.3, -0.25) is 4.90 Å². The van der Waals surface area contributed by atoms with E-state index in [4.69, 9.17) is 0 Å². The summed E-state index contributed by atoms with van der Waals surface area (Å²) >= 11 is 0. The summed E-state index contributed by atoms with van der Waals surface area (Å²) in [4.78, 5) is 19.1. The summed E-state index contributed by atoms with van der Waals surface area (Å²) in [6, 6.07) is 2.45. The number of nitrogens with zero attached hydrogens (tertiary/aromatic N) is 5. The Morgan fingerprint density at radius 1 is 1.00 bits per heavy atom. The minimum Gasteiger partial charge on any atom is -0.508 e. The number of phenols is 3. The average Bonchev–Trinajstić information content (AvgIpc) is 2.65. The molecule has 1 aromatic carbocycles. The minimum atomic E-state index is -0.168. The molecule has 0 atom stereocenters. The molecule has 3 aromatic rings. The second kappa shape index (κ2) is 6.57. The summed E-state index contributed by atoms with van der Waals surface area (Å²) in [6.45, 7) is 1.71. The van der Waals surface area contributed by atoms with Gasteiger partial charge in [0, 0.05) is 67.9 Å². The third-order valence-corrected chi connectivity index (χ3v) is 4.40. The van der Waals surface area contributed by atoms with Gasteiger partial charge in [0.1, 0.15) is 23.6 Å². The fourth-order valence-electron chi connectivity index (χ4n) is 3.08. The van der Waals surface area contributed by atoms with E-state index in [1.165, 1.54) is 18.5 Å². The van der Waals surface area contributed by atoms with E-state index >= 15 is 0 Å². The van der Waals surface area contributed by atoms with Gasteiger partial charge in [-0.1, -0.05) is 0 Å². The molecule has 8 heteroatoms. The number of aromatic nitrogens is 4. The second-order valence-corrected chi connectivity index (χ2v) is 6.22. The maximum atomic E-state index is 9.98. The van der Waals surface area contributed by atoms with Gasteiger partial charge in [-0.2, -0.15) is 0 Å². The monoisotopic (exact) mass is 351 g/mol. The Morgan fingerprint density at radius 2 is 1.73 bits per heavy atom. The Hall–Kier alpha value is -3.26. The normalized spacial score (nSPS) is 14.2. The van der Waals surface area contributed by atoms with Crippen LogP contribution in [0.2, 0.25) is 0 Å². The first kappa shape index (κ1) is 16.2. The van der Waals surface area contributed by atoms with Crippen molar-refractivity contribution in [3.05, 3.63) is 53.9 Å². The highest BCUT2D eigenvalue weighted by molar-refractivity contribution is 5.52. The van der Waals surface area contributed by atoms with Gasteiger partial charge in [0.25, 0.3) is 0 Å². The van der Waals surface area contributed by atoms with Crippen molar-refractivity contribution in [1.82, 2.24) is 24.8 Å². The van der Waals surface area contributed by atoms with Gasteiger partial charge >= 0.3 is 0 Å². The van der Waals surface area contributed by atoms with E-state index in [-0.39, 0.29) is 17.2 Å². The minimum absolute atomic E-state index is 0.121. The van der Waals surface area contributed by atoms with Crippen molar-refractivity contribution >= 4 is 0 Å². The molecule has 0 bridgehead atoms. The Labute approximate surface area is 149 Å². The first-order valence-corrected chi connectivity index (χ1v) is 8.16. The van der Waals surface area contributed by atoms with Crippen LogP contribution in [-0.2, 0) is 19.5 Å². The molecule has 26 heavy (non-hydrogen) atoms. The summed E-state index contributed by atoms with van der Waals surface area (Å²) in [5, 5.41) is 29.4. The molecule has 1 aliphatic heterocycles.